The Balaban J connectivity index is 2.51. The van der Waals surface area contributed by atoms with Gasteiger partial charge in [-0.2, -0.15) is 5.10 Å². The summed E-state index contributed by atoms with van der Waals surface area (Å²) in [5.41, 5.74) is 4.60. The van der Waals surface area contributed by atoms with Crippen LogP contribution in [0, 0.1) is 20.8 Å². The SMILES string of the molecule is CCOC(=O)c1cnn(-c2c(C)cccc2C)c1C. The highest BCUT2D eigenvalue weighted by molar-refractivity contribution is 5.90. The van der Waals surface area contributed by atoms with Crippen LogP contribution < -0.4 is 0 Å². The van der Waals surface area contributed by atoms with Crippen LogP contribution in [0.2, 0.25) is 0 Å². The molecule has 1 aromatic carbocycles. The highest BCUT2D eigenvalue weighted by Gasteiger charge is 2.17. The Morgan fingerprint density at radius 3 is 2.47 bits per heavy atom. The minimum Gasteiger partial charge on any atom is -0.462 e. The number of hydrogen-bond acceptors (Lipinski definition) is 3. The summed E-state index contributed by atoms with van der Waals surface area (Å²) in [6.45, 7) is 8.11. The predicted octanol–water partition coefficient (Wildman–Crippen LogP) is 2.97. The molecule has 1 aromatic heterocycles. The number of esters is 1. The molecular weight excluding hydrogens is 240 g/mol. The number of nitrogens with zero attached hydrogens (tertiary/aromatic N) is 2. The van der Waals surface area contributed by atoms with E-state index in [4.69, 9.17) is 4.74 Å². The first-order valence-electron chi connectivity index (χ1n) is 6.34. The molecule has 0 N–H and O–H groups in total. The fourth-order valence-corrected chi connectivity index (χ4v) is 2.18. The molecule has 0 aliphatic carbocycles. The van der Waals surface area contributed by atoms with Gasteiger partial charge in [-0.05, 0) is 38.8 Å². The van der Waals surface area contributed by atoms with Gasteiger partial charge in [-0.3, -0.25) is 0 Å². The zero-order valence-corrected chi connectivity index (χ0v) is 11.7. The van der Waals surface area contributed by atoms with Crippen molar-refractivity contribution < 1.29 is 9.53 Å². The zero-order valence-electron chi connectivity index (χ0n) is 11.7. The normalized spacial score (nSPS) is 10.5. The number of rotatable bonds is 3. The summed E-state index contributed by atoms with van der Waals surface area (Å²) in [5.74, 6) is -0.322. The Bertz CT molecular complexity index is 594. The van der Waals surface area contributed by atoms with E-state index < -0.39 is 0 Å². The highest BCUT2D eigenvalue weighted by Crippen LogP contribution is 2.21. The summed E-state index contributed by atoms with van der Waals surface area (Å²) in [6.07, 6.45) is 1.57. The van der Waals surface area contributed by atoms with E-state index in [0.717, 1.165) is 22.5 Å². The molecule has 19 heavy (non-hydrogen) atoms. The van der Waals surface area contributed by atoms with Gasteiger partial charge in [0.1, 0.15) is 5.56 Å². The number of carbonyl (C=O) groups excluding carboxylic acids is 1. The van der Waals surface area contributed by atoms with Crippen LogP contribution >= 0.6 is 0 Å². The van der Waals surface area contributed by atoms with Gasteiger partial charge in [-0.1, -0.05) is 18.2 Å². The molecule has 0 aliphatic heterocycles. The highest BCUT2D eigenvalue weighted by atomic mass is 16.5. The average molecular weight is 258 g/mol. The molecule has 4 nitrogen and oxygen atoms in total. The van der Waals surface area contributed by atoms with Crippen molar-refractivity contribution in [2.45, 2.75) is 27.7 Å². The molecule has 0 amide bonds. The molecule has 0 unspecified atom stereocenters. The molecule has 0 bridgehead atoms. The molecule has 0 radical (unpaired) electrons. The van der Waals surface area contributed by atoms with Gasteiger partial charge < -0.3 is 4.74 Å². The maximum Gasteiger partial charge on any atom is 0.341 e. The lowest BCUT2D eigenvalue weighted by Gasteiger charge is -2.11. The van der Waals surface area contributed by atoms with E-state index in [0.29, 0.717) is 12.2 Å². The lowest BCUT2D eigenvalue weighted by atomic mass is 10.1. The summed E-state index contributed by atoms with van der Waals surface area (Å²) < 4.78 is 6.83. The van der Waals surface area contributed by atoms with Crippen LogP contribution in [-0.2, 0) is 4.74 Å². The van der Waals surface area contributed by atoms with Crippen LogP contribution in [0.5, 0.6) is 0 Å². The maximum absolute atomic E-state index is 11.8. The molecular formula is C15H18N2O2. The summed E-state index contributed by atoms with van der Waals surface area (Å²) in [7, 11) is 0. The van der Waals surface area contributed by atoms with E-state index in [1.807, 2.05) is 39.0 Å². The van der Waals surface area contributed by atoms with Gasteiger partial charge in [0.05, 0.1) is 24.2 Å². The van der Waals surface area contributed by atoms with Gasteiger partial charge in [0.2, 0.25) is 0 Å². The predicted molar refractivity (Wildman–Crippen MR) is 73.7 cm³/mol. The Morgan fingerprint density at radius 1 is 1.26 bits per heavy atom. The summed E-state index contributed by atoms with van der Waals surface area (Å²) in [4.78, 5) is 11.8. The van der Waals surface area contributed by atoms with Crippen molar-refractivity contribution in [3.05, 3.63) is 46.8 Å². The van der Waals surface area contributed by atoms with E-state index in [2.05, 4.69) is 5.10 Å². The monoisotopic (exact) mass is 258 g/mol. The molecule has 0 aliphatic rings. The molecule has 1 heterocycles. The molecule has 4 heteroatoms. The largest absolute Gasteiger partial charge is 0.462 e. The molecule has 0 saturated carbocycles. The minimum atomic E-state index is -0.322. The lowest BCUT2D eigenvalue weighted by Crippen LogP contribution is -2.08. The number of aromatic nitrogens is 2. The fourth-order valence-electron chi connectivity index (χ4n) is 2.18. The number of hydrogen-bond donors (Lipinski definition) is 0. The molecule has 2 rings (SSSR count). The number of benzene rings is 1. The quantitative estimate of drug-likeness (QED) is 0.795. The zero-order chi connectivity index (χ0) is 14.0. The summed E-state index contributed by atoms with van der Waals surface area (Å²) >= 11 is 0. The Hall–Kier alpha value is -2.10. The molecule has 0 atom stereocenters. The Labute approximate surface area is 113 Å². The van der Waals surface area contributed by atoms with Crippen LogP contribution in [0.3, 0.4) is 0 Å². The standard InChI is InChI=1S/C15H18N2O2/c1-5-19-15(18)13-9-16-17(12(13)4)14-10(2)7-6-8-11(14)3/h6-9H,5H2,1-4H3. The van der Waals surface area contributed by atoms with Crippen molar-refractivity contribution >= 4 is 5.97 Å². The van der Waals surface area contributed by atoms with Crippen molar-refractivity contribution in [1.29, 1.82) is 0 Å². The average Bonchev–Trinajstić information content (AvgIpc) is 2.72. The molecule has 0 spiro atoms. The van der Waals surface area contributed by atoms with Gasteiger partial charge in [-0.15, -0.1) is 0 Å². The van der Waals surface area contributed by atoms with Crippen LogP contribution in [0.4, 0.5) is 0 Å². The number of ether oxygens (including phenoxy) is 1. The van der Waals surface area contributed by atoms with Crippen molar-refractivity contribution in [1.82, 2.24) is 9.78 Å². The van der Waals surface area contributed by atoms with E-state index in [-0.39, 0.29) is 5.97 Å². The number of carbonyl (C=O) groups is 1. The summed E-state index contributed by atoms with van der Waals surface area (Å²) in [6, 6.07) is 6.08. The first-order chi connectivity index (χ1) is 9.06. The summed E-state index contributed by atoms with van der Waals surface area (Å²) in [5, 5.41) is 4.33. The maximum atomic E-state index is 11.8. The van der Waals surface area contributed by atoms with Gasteiger partial charge in [0.25, 0.3) is 0 Å². The van der Waals surface area contributed by atoms with Gasteiger partial charge in [0, 0.05) is 0 Å². The first-order valence-corrected chi connectivity index (χ1v) is 6.34. The van der Waals surface area contributed by atoms with Crippen molar-refractivity contribution in [3.63, 3.8) is 0 Å². The van der Waals surface area contributed by atoms with Crippen molar-refractivity contribution in [3.8, 4) is 5.69 Å². The van der Waals surface area contributed by atoms with E-state index in [1.54, 1.807) is 17.8 Å². The van der Waals surface area contributed by atoms with Crippen LogP contribution in [0.15, 0.2) is 24.4 Å². The third kappa shape index (κ3) is 2.38. The molecule has 0 fully saturated rings. The van der Waals surface area contributed by atoms with E-state index >= 15 is 0 Å². The van der Waals surface area contributed by atoms with Gasteiger partial charge in [0.15, 0.2) is 0 Å². The first kappa shape index (κ1) is 13.3. The second-order valence-electron chi connectivity index (χ2n) is 4.52. The third-order valence-electron chi connectivity index (χ3n) is 3.16. The third-order valence-corrected chi connectivity index (χ3v) is 3.16. The topological polar surface area (TPSA) is 44.1 Å². The lowest BCUT2D eigenvalue weighted by molar-refractivity contribution is 0.0525. The van der Waals surface area contributed by atoms with E-state index in [9.17, 15) is 4.79 Å². The molecule has 2 aromatic rings. The van der Waals surface area contributed by atoms with Crippen LogP contribution in [-0.4, -0.2) is 22.4 Å². The Kier molecular flexibility index (Phi) is 3.69. The van der Waals surface area contributed by atoms with Crippen molar-refractivity contribution in [2.75, 3.05) is 6.61 Å². The molecule has 0 saturated heterocycles. The van der Waals surface area contributed by atoms with E-state index in [1.165, 1.54) is 0 Å². The van der Waals surface area contributed by atoms with Crippen LogP contribution in [0.25, 0.3) is 5.69 Å². The van der Waals surface area contributed by atoms with Gasteiger partial charge >= 0.3 is 5.97 Å². The molecule has 100 valence electrons. The van der Waals surface area contributed by atoms with Crippen LogP contribution in [0.1, 0.15) is 34.1 Å². The number of para-hydroxylation sites is 1. The Morgan fingerprint density at radius 2 is 1.89 bits per heavy atom. The minimum absolute atomic E-state index is 0.322. The smallest absolute Gasteiger partial charge is 0.341 e. The fraction of sp³-hybridized carbons (Fsp3) is 0.333. The van der Waals surface area contributed by atoms with Crippen molar-refractivity contribution in [2.24, 2.45) is 0 Å². The second kappa shape index (κ2) is 5.26. The second-order valence-corrected chi connectivity index (χ2v) is 4.52. The van der Waals surface area contributed by atoms with Gasteiger partial charge in [-0.25, -0.2) is 9.48 Å². The number of aryl methyl sites for hydroxylation is 2.